The molecule has 5 nitrogen and oxygen atoms in total. The Morgan fingerprint density at radius 2 is 1.35 bits per heavy atom. The average Bonchev–Trinajstić information content (AvgIpc) is 3.20. The van der Waals surface area contributed by atoms with Gasteiger partial charge in [-0.15, -0.1) is 0 Å². The molecule has 0 saturated carbocycles. The van der Waals surface area contributed by atoms with Crippen molar-refractivity contribution in [3.63, 3.8) is 0 Å². The van der Waals surface area contributed by atoms with Crippen molar-refractivity contribution in [3.8, 4) is 0 Å². The Bertz CT molecular complexity index is 612. The van der Waals surface area contributed by atoms with Gasteiger partial charge in [0, 0.05) is 13.3 Å². The van der Waals surface area contributed by atoms with Crippen LogP contribution in [-0.4, -0.2) is 34.1 Å². The zero-order valence-corrected chi connectivity index (χ0v) is 22.4. The minimum absolute atomic E-state index is 0.0356. The summed E-state index contributed by atoms with van der Waals surface area (Å²) in [5, 5.41) is 9.28. The maximum absolute atomic E-state index is 11.3. The van der Waals surface area contributed by atoms with Crippen molar-refractivity contribution in [1.82, 2.24) is 0 Å². The highest BCUT2D eigenvalue weighted by molar-refractivity contribution is 5.81. The lowest BCUT2D eigenvalue weighted by Gasteiger charge is -2.34. The molecule has 34 heavy (non-hydrogen) atoms. The molecule has 0 aromatic rings. The number of carbonyl (C=O) groups is 1. The highest BCUT2D eigenvalue weighted by Crippen LogP contribution is 2.23. The molecule has 2 unspecified atom stereocenters. The van der Waals surface area contributed by atoms with E-state index >= 15 is 0 Å². The number of unbranched alkanes of at least 4 members (excludes halogenated alkanes) is 16. The van der Waals surface area contributed by atoms with Crippen molar-refractivity contribution in [1.29, 1.82) is 0 Å². The van der Waals surface area contributed by atoms with E-state index in [-0.39, 0.29) is 17.2 Å². The van der Waals surface area contributed by atoms with Crippen LogP contribution in [0.25, 0.3) is 0 Å². The normalized spacial score (nSPS) is 18.6. The van der Waals surface area contributed by atoms with Crippen LogP contribution in [0.4, 0.5) is 0 Å². The Morgan fingerprint density at radius 1 is 0.882 bits per heavy atom. The van der Waals surface area contributed by atoms with Crippen LogP contribution in [-0.2, 0) is 4.79 Å². The fraction of sp³-hybridized carbons (Fsp3) is 0.793. The lowest BCUT2D eigenvalue weighted by molar-refractivity contribution is -0.805. The molecule has 0 bridgehead atoms. The first-order valence-corrected chi connectivity index (χ1v) is 14.3. The SMILES string of the molecule is CCCCCCCCCCCCCCCC/C=C/CCCCC1=NC=C[N+]1(CC(=O)O)C(C)N. The Kier molecular flexibility index (Phi) is 17.8. The van der Waals surface area contributed by atoms with Crippen LogP contribution in [0.3, 0.4) is 0 Å². The van der Waals surface area contributed by atoms with Gasteiger partial charge in [-0.1, -0.05) is 103 Å². The zero-order valence-electron chi connectivity index (χ0n) is 22.4. The summed E-state index contributed by atoms with van der Waals surface area (Å²) in [7, 11) is 0. The van der Waals surface area contributed by atoms with Crippen molar-refractivity contribution in [3.05, 3.63) is 24.6 Å². The van der Waals surface area contributed by atoms with Crippen molar-refractivity contribution in [2.75, 3.05) is 6.54 Å². The fourth-order valence-electron chi connectivity index (χ4n) is 4.82. The monoisotopic (exact) mass is 476 g/mol. The van der Waals surface area contributed by atoms with Gasteiger partial charge in [-0.3, -0.25) is 5.73 Å². The maximum Gasteiger partial charge on any atom is 0.360 e. The standard InChI is InChI=1S/C29H53N3O2/c1-3-4-5-6-7-8-9-10-11-12-13-14-15-16-17-18-19-20-21-22-23-28-31-24-25-32(28,27(2)30)26-29(33)34/h18-19,24-25,27H,3-17,20-23,26,30H2,1-2H3/p+1/b19-18+. The van der Waals surface area contributed by atoms with Crippen LogP contribution in [0, 0.1) is 0 Å². The third kappa shape index (κ3) is 13.4. The summed E-state index contributed by atoms with van der Waals surface area (Å²) in [6.07, 6.45) is 32.8. The van der Waals surface area contributed by atoms with E-state index < -0.39 is 5.97 Å². The van der Waals surface area contributed by atoms with E-state index in [0.29, 0.717) is 0 Å². The summed E-state index contributed by atoms with van der Waals surface area (Å²) < 4.78 is 0.157. The number of quaternary nitrogens is 1. The molecular formula is C29H54N3O2+. The van der Waals surface area contributed by atoms with Crippen LogP contribution in [0.15, 0.2) is 29.5 Å². The van der Waals surface area contributed by atoms with Gasteiger partial charge < -0.3 is 5.11 Å². The van der Waals surface area contributed by atoms with E-state index in [2.05, 4.69) is 24.1 Å². The van der Waals surface area contributed by atoms with Crippen LogP contribution in [0.2, 0.25) is 0 Å². The number of allylic oxidation sites excluding steroid dienone is 2. The van der Waals surface area contributed by atoms with E-state index in [1.807, 2.05) is 13.1 Å². The smallest absolute Gasteiger partial charge is 0.360 e. The molecule has 0 radical (unpaired) electrons. The van der Waals surface area contributed by atoms with Crippen LogP contribution in [0.1, 0.15) is 136 Å². The second-order valence-corrected chi connectivity index (χ2v) is 10.2. The minimum Gasteiger partial charge on any atom is -0.477 e. The predicted molar refractivity (Wildman–Crippen MR) is 146 cm³/mol. The predicted octanol–water partition coefficient (Wildman–Crippen LogP) is 8.06. The topological polar surface area (TPSA) is 75.7 Å². The number of amidine groups is 1. The van der Waals surface area contributed by atoms with Gasteiger partial charge in [0.25, 0.3) is 0 Å². The zero-order chi connectivity index (χ0) is 24.9. The molecule has 0 saturated heterocycles. The van der Waals surface area contributed by atoms with Gasteiger partial charge in [0.1, 0.15) is 12.4 Å². The third-order valence-corrected chi connectivity index (χ3v) is 7.07. The highest BCUT2D eigenvalue weighted by Gasteiger charge is 2.40. The first-order valence-electron chi connectivity index (χ1n) is 14.3. The molecule has 5 heteroatoms. The Balaban J connectivity index is 1.93. The fourth-order valence-corrected chi connectivity index (χ4v) is 4.82. The van der Waals surface area contributed by atoms with Gasteiger partial charge >= 0.3 is 5.97 Å². The number of nitrogens with two attached hydrogens (primary N) is 1. The number of carboxylic acid groups (broad SMARTS) is 1. The molecule has 0 spiro atoms. The molecule has 0 fully saturated rings. The number of hydrogen-bond donors (Lipinski definition) is 2. The molecule has 2 atom stereocenters. The lowest BCUT2D eigenvalue weighted by Crippen LogP contribution is -2.59. The van der Waals surface area contributed by atoms with Gasteiger partial charge in [-0.2, -0.15) is 0 Å². The average molecular weight is 477 g/mol. The molecule has 196 valence electrons. The maximum atomic E-state index is 11.3. The summed E-state index contributed by atoms with van der Waals surface area (Å²) in [6.45, 7) is 4.10. The van der Waals surface area contributed by atoms with Crippen LogP contribution < -0.4 is 5.73 Å². The third-order valence-electron chi connectivity index (χ3n) is 7.07. The summed E-state index contributed by atoms with van der Waals surface area (Å²) in [6, 6.07) is 0. The van der Waals surface area contributed by atoms with Crippen molar-refractivity contribution in [2.45, 2.75) is 142 Å². The molecule has 0 aliphatic carbocycles. The summed E-state index contributed by atoms with van der Waals surface area (Å²) in [4.78, 5) is 15.7. The van der Waals surface area contributed by atoms with Gasteiger partial charge in [-0.05, 0) is 32.1 Å². The minimum atomic E-state index is -0.844. The first kappa shape index (κ1) is 30.6. The van der Waals surface area contributed by atoms with Crippen LogP contribution >= 0.6 is 0 Å². The lowest BCUT2D eigenvalue weighted by atomic mass is 10.0. The number of aliphatic carboxylic acids is 1. The summed E-state index contributed by atoms with van der Waals surface area (Å²) in [5.41, 5.74) is 6.12. The van der Waals surface area contributed by atoms with E-state index in [1.165, 1.54) is 96.3 Å². The summed E-state index contributed by atoms with van der Waals surface area (Å²) in [5.74, 6) is 0.0340. The van der Waals surface area contributed by atoms with E-state index in [4.69, 9.17) is 5.73 Å². The van der Waals surface area contributed by atoms with Gasteiger partial charge in [0.2, 0.25) is 5.84 Å². The van der Waals surface area contributed by atoms with E-state index in [1.54, 1.807) is 6.20 Å². The molecule has 0 aromatic heterocycles. The van der Waals surface area contributed by atoms with Crippen molar-refractivity contribution >= 4 is 11.8 Å². The molecule has 0 amide bonds. The van der Waals surface area contributed by atoms with Gasteiger partial charge in [0.15, 0.2) is 6.54 Å². The van der Waals surface area contributed by atoms with Gasteiger partial charge in [0.05, 0.1) is 6.20 Å². The molecule has 1 rings (SSSR count). The molecule has 1 aliphatic rings. The van der Waals surface area contributed by atoms with Crippen molar-refractivity contribution in [2.24, 2.45) is 10.7 Å². The Hall–Kier alpha value is -1.46. The number of aliphatic imine (C=N–C) groups is 1. The van der Waals surface area contributed by atoms with E-state index in [9.17, 15) is 9.90 Å². The highest BCUT2D eigenvalue weighted by atomic mass is 16.4. The number of nitrogens with zero attached hydrogens (tertiary/aromatic N) is 2. The molecular weight excluding hydrogens is 422 g/mol. The second kappa shape index (κ2) is 19.8. The Labute approximate surface area is 210 Å². The number of hydrogen-bond acceptors (Lipinski definition) is 3. The Morgan fingerprint density at radius 3 is 1.82 bits per heavy atom. The largest absolute Gasteiger partial charge is 0.477 e. The molecule has 1 heterocycles. The molecule has 1 aliphatic heterocycles. The second-order valence-electron chi connectivity index (χ2n) is 10.2. The summed E-state index contributed by atoms with van der Waals surface area (Å²) >= 11 is 0. The first-order chi connectivity index (χ1) is 16.5. The number of carboxylic acids is 1. The van der Waals surface area contributed by atoms with Gasteiger partial charge in [-0.25, -0.2) is 14.3 Å². The molecule has 3 N–H and O–H groups in total. The van der Waals surface area contributed by atoms with E-state index in [0.717, 1.165) is 31.5 Å². The molecule has 0 aromatic carbocycles. The van der Waals surface area contributed by atoms with Crippen molar-refractivity contribution < 1.29 is 14.4 Å². The quantitative estimate of drug-likeness (QED) is 0.0889. The van der Waals surface area contributed by atoms with Crippen LogP contribution in [0.5, 0.6) is 0 Å². The number of rotatable bonds is 23.